The maximum Gasteiger partial charge on any atom is 0.414 e. The third-order valence-corrected chi connectivity index (χ3v) is 8.09. The summed E-state index contributed by atoms with van der Waals surface area (Å²) in [4.78, 5) is 12.7. The van der Waals surface area contributed by atoms with Gasteiger partial charge in [-0.15, -0.1) is 0 Å². The SMILES string of the molecule is CCCCCCC(OCc1ccc(C(=O)Oc2ccc(-c3ccc(OCCCCCCCCCCOC)cc3)cc2)cc1)C(F)(F)F. The first kappa shape index (κ1) is 38.1. The minimum absolute atomic E-state index is 0.0519. The van der Waals surface area contributed by atoms with Crippen LogP contribution in [0.2, 0.25) is 0 Å². The normalized spacial score (nSPS) is 12.2. The molecule has 0 heterocycles. The molecule has 0 saturated heterocycles. The number of carbonyl (C=O) groups is 1. The van der Waals surface area contributed by atoms with Crippen molar-refractivity contribution in [3.05, 3.63) is 83.9 Å². The number of ether oxygens (including phenoxy) is 4. The van der Waals surface area contributed by atoms with Crippen molar-refractivity contribution in [3.63, 3.8) is 0 Å². The lowest BCUT2D eigenvalue weighted by molar-refractivity contribution is -0.225. The fourth-order valence-electron chi connectivity index (χ4n) is 5.26. The first-order valence-electron chi connectivity index (χ1n) is 17.1. The molecule has 5 nitrogen and oxygen atoms in total. The average molecular weight is 657 g/mol. The van der Waals surface area contributed by atoms with E-state index in [9.17, 15) is 18.0 Å². The highest BCUT2D eigenvalue weighted by Gasteiger charge is 2.40. The Morgan fingerprint density at radius 1 is 0.660 bits per heavy atom. The van der Waals surface area contributed by atoms with Crippen LogP contribution in [-0.2, 0) is 16.1 Å². The van der Waals surface area contributed by atoms with Crippen LogP contribution in [0, 0.1) is 0 Å². The van der Waals surface area contributed by atoms with Gasteiger partial charge in [-0.05, 0) is 72.4 Å². The van der Waals surface area contributed by atoms with Crippen LogP contribution < -0.4 is 9.47 Å². The molecule has 1 unspecified atom stereocenters. The molecule has 0 aliphatic rings. The fourth-order valence-corrected chi connectivity index (χ4v) is 5.26. The van der Waals surface area contributed by atoms with Gasteiger partial charge in [-0.1, -0.05) is 108 Å². The molecule has 3 aromatic rings. The predicted molar refractivity (Wildman–Crippen MR) is 181 cm³/mol. The standard InChI is InChI=1S/C39H51F3O5/c1-3-4-5-12-15-37(39(40,41)42)46-30-31-16-18-34(19-17-31)38(43)47-36-26-22-33(23-27-36)32-20-24-35(25-21-32)45-29-14-11-9-7-6-8-10-13-28-44-2/h16-27,37H,3-15,28-30H2,1-2H3. The van der Waals surface area contributed by atoms with Crippen molar-refractivity contribution in [2.75, 3.05) is 20.3 Å². The van der Waals surface area contributed by atoms with Crippen molar-refractivity contribution in [2.24, 2.45) is 0 Å². The molecular weight excluding hydrogens is 605 g/mol. The molecule has 0 aliphatic heterocycles. The third kappa shape index (κ3) is 14.9. The summed E-state index contributed by atoms with van der Waals surface area (Å²) < 4.78 is 61.9. The number of alkyl halides is 3. The van der Waals surface area contributed by atoms with Crippen LogP contribution in [0.15, 0.2) is 72.8 Å². The van der Waals surface area contributed by atoms with Gasteiger partial charge in [-0.2, -0.15) is 13.2 Å². The Balaban J connectivity index is 1.38. The molecule has 0 bridgehead atoms. The summed E-state index contributed by atoms with van der Waals surface area (Å²) in [5, 5.41) is 0. The third-order valence-electron chi connectivity index (χ3n) is 8.09. The lowest BCUT2D eigenvalue weighted by Crippen LogP contribution is -2.31. The second-order valence-electron chi connectivity index (χ2n) is 12.0. The monoisotopic (exact) mass is 656 g/mol. The summed E-state index contributed by atoms with van der Waals surface area (Å²) in [6, 6.07) is 21.4. The number of halogens is 3. The summed E-state index contributed by atoms with van der Waals surface area (Å²) in [7, 11) is 1.75. The zero-order chi connectivity index (χ0) is 33.7. The highest BCUT2D eigenvalue weighted by molar-refractivity contribution is 5.91. The zero-order valence-corrected chi connectivity index (χ0v) is 28.0. The summed E-state index contributed by atoms with van der Waals surface area (Å²) >= 11 is 0. The molecule has 47 heavy (non-hydrogen) atoms. The van der Waals surface area contributed by atoms with Crippen LogP contribution in [-0.4, -0.2) is 38.6 Å². The Morgan fingerprint density at radius 2 is 1.19 bits per heavy atom. The Kier molecular flexibility index (Phi) is 17.4. The van der Waals surface area contributed by atoms with Crippen molar-refractivity contribution in [3.8, 4) is 22.6 Å². The number of carbonyl (C=O) groups excluding carboxylic acids is 1. The van der Waals surface area contributed by atoms with Gasteiger partial charge in [0.1, 0.15) is 11.5 Å². The highest BCUT2D eigenvalue weighted by Crippen LogP contribution is 2.29. The molecule has 0 radical (unpaired) electrons. The molecule has 8 heteroatoms. The van der Waals surface area contributed by atoms with Crippen LogP contribution in [0.1, 0.15) is 106 Å². The van der Waals surface area contributed by atoms with Crippen molar-refractivity contribution in [1.29, 1.82) is 0 Å². The second-order valence-corrected chi connectivity index (χ2v) is 12.0. The molecule has 1 atom stereocenters. The summed E-state index contributed by atoms with van der Waals surface area (Å²) in [5.41, 5.74) is 2.85. The lowest BCUT2D eigenvalue weighted by atomic mass is 10.1. The number of esters is 1. The van der Waals surface area contributed by atoms with Crippen molar-refractivity contribution < 1.29 is 36.9 Å². The molecule has 258 valence electrons. The lowest BCUT2D eigenvalue weighted by Gasteiger charge is -2.21. The highest BCUT2D eigenvalue weighted by atomic mass is 19.4. The number of methoxy groups -OCH3 is 1. The van der Waals surface area contributed by atoms with Gasteiger partial charge in [0.2, 0.25) is 0 Å². The van der Waals surface area contributed by atoms with Crippen LogP contribution in [0.3, 0.4) is 0 Å². The number of benzene rings is 3. The van der Waals surface area contributed by atoms with E-state index in [2.05, 4.69) is 0 Å². The summed E-state index contributed by atoms with van der Waals surface area (Å²) in [6.45, 7) is 3.41. The quantitative estimate of drug-likeness (QED) is 0.0577. The van der Waals surface area contributed by atoms with Crippen LogP contribution in [0.25, 0.3) is 11.1 Å². The number of hydrogen-bond acceptors (Lipinski definition) is 5. The maximum absolute atomic E-state index is 13.4. The van der Waals surface area contributed by atoms with Gasteiger partial charge in [0.25, 0.3) is 0 Å². The molecule has 0 N–H and O–H groups in total. The molecule has 0 aromatic heterocycles. The van der Waals surface area contributed by atoms with E-state index >= 15 is 0 Å². The van der Waals surface area contributed by atoms with Gasteiger partial charge in [0, 0.05) is 13.7 Å². The van der Waals surface area contributed by atoms with Gasteiger partial charge >= 0.3 is 12.1 Å². The molecule has 3 rings (SSSR count). The molecule has 3 aromatic carbocycles. The van der Waals surface area contributed by atoms with E-state index in [4.69, 9.17) is 18.9 Å². The Hall–Kier alpha value is -3.36. The molecule has 0 saturated carbocycles. The fraction of sp³-hybridized carbons (Fsp3) is 0.513. The topological polar surface area (TPSA) is 54.0 Å². The van der Waals surface area contributed by atoms with Gasteiger partial charge in [0.15, 0.2) is 6.10 Å². The Bertz CT molecular complexity index is 1260. The molecule has 0 aliphatic carbocycles. The van der Waals surface area contributed by atoms with Crippen molar-refractivity contribution in [2.45, 2.75) is 109 Å². The van der Waals surface area contributed by atoms with Gasteiger partial charge < -0.3 is 18.9 Å². The minimum atomic E-state index is -4.41. The van der Waals surface area contributed by atoms with E-state index in [1.165, 1.54) is 50.7 Å². The second kappa shape index (κ2) is 21.5. The van der Waals surface area contributed by atoms with E-state index in [-0.39, 0.29) is 13.0 Å². The van der Waals surface area contributed by atoms with E-state index < -0.39 is 18.2 Å². The number of hydrogen-bond donors (Lipinski definition) is 0. The van der Waals surface area contributed by atoms with Gasteiger partial charge in [-0.25, -0.2) is 4.79 Å². The first-order valence-corrected chi connectivity index (χ1v) is 17.1. The van der Waals surface area contributed by atoms with Crippen LogP contribution in [0.5, 0.6) is 11.5 Å². The minimum Gasteiger partial charge on any atom is -0.494 e. The predicted octanol–water partition coefficient (Wildman–Crippen LogP) is 11.1. The average Bonchev–Trinajstić information content (AvgIpc) is 3.07. The van der Waals surface area contributed by atoms with Crippen LogP contribution in [0.4, 0.5) is 13.2 Å². The zero-order valence-electron chi connectivity index (χ0n) is 28.0. The Labute approximate surface area is 278 Å². The molecule has 0 amide bonds. The Morgan fingerprint density at radius 3 is 1.74 bits per heavy atom. The largest absolute Gasteiger partial charge is 0.494 e. The molecule has 0 fully saturated rings. The number of unbranched alkanes of at least 4 members (excludes halogenated alkanes) is 10. The van der Waals surface area contributed by atoms with Crippen molar-refractivity contribution in [1.82, 2.24) is 0 Å². The van der Waals surface area contributed by atoms with Gasteiger partial charge in [-0.3, -0.25) is 0 Å². The molecular formula is C39H51F3O5. The maximum atomic E-state index is 13.4. The van der Waals surface area contributed by atoms with Crippen molar-refractivity contribution >= 4 is 5.97 Å². The van der Waals surface area contributed by atoms with Crippen LogP contribution >= 0.6 is 0 Å². The van der Waals surface area contributed by atoms with E-state index in [1.54, 1.807) is 31.4 Å². The number of rotatable bonds is 23. The summed E-state index contributed by atoms with van der Waals surface area (Å²) in [5.74, 6) is 0.694. The molecule has 0 spiro atoms. The van der Waals surface area contributed by atoms with E-state index in [1.807, 2.05) is 43.3 Å². The first-order chi connectivity index (χ1) is 22.8. The smallest absolute Gasteiger partial charge is 0.414 e. The van der Waals surface area contributed by atoms with Gasteiger partial charge in [0.05, 0.1) is 18.8 Å². The van der Waals surface area contributed by atoms with E-state index in [0.29, 0.717) is 29.9 Å². The van der Waals surface area contributed by atoms with E-state index in [0.717, 1.165) is 55.6 Å². The summed E-state index contributed by atoms with van der Waals surface area (Å²) in [6.07, 6.45) is 6.57.